The molecule has 22 heavy (non-hydrogen) atoms. The van der Waals surface area contributed by atoms with E-state index < -0.39 is 5.60 Å². The van der Waals surface area contributed by atoms with Crippen molar-refractivity contribution in [2.75, 3.05) is 19.0 Å². The summed E-state index contributed by atoms with van der Waals surface area (Å²) in [6.07, 6.45) is 7.61. The van der Waals surface area contributed by atoms with Crippen LogP contribution in [0.1, 0.15) is 51.0 Å². The van der Waals surface area contributed by atoms with Gasteiger partial charge in [-0.1, -0.05) is 25.7 Å². The van der Waals surface area contributed by atoms with Gasteiger partial charge < -0.3 is 14.8 Å². The molecule has 122 valence electrons. The van der Waals surface area contributed by atoms with Crippen LogP contribution in [0, 0.1) is 6.92 Å². The van der Waals surface area contributed by atoms with Crippen LogP contribution in [-0.2, 0) is 9.53 Å². The quantitative estimate of drug-likeness (QED) is 0.846. The number of nitrogens with one attached hydrogen (secondary N) is 1. The van der Waals surface area contributed by atoms with Gasteiger partial charge >= 0.3 is 0 Å². The molecule has 5 heteroatoms. The first kappa shape index (κ1) is 16.7. The van der Waals surface area contributed by atoms with Gasteiger partial charge in [0.05, 0.1) is 19.0 Å². The van der Waals surface area contributed by atoms with Gasteiger partial charge in [-0.15, -0.1) is 0 Å². The minimum Gasteiger partial charge on any atom is -0.481 e. The van der Waals surface area contributed by atoms with Crippen LogP contribution >= 0.6 is 0 Å². The van der Waals surface area contributed by atoms with Crippen molar-refractivity contribution in [3.8, 4) is 5.88 Å². The van der Waals surface area contributed by atoms with Crippen LogP contribution in [0.5, 0.6) is 5.88 Å². The molecule has 0 spiro atoms. The molecular weight excluding hydrogens is 280 g/mol. The third-order valence-electron chi connectivity index (χ3n) is 4.23. The Balaban J connectivity index is 2.15. The van der Waals surface area contributed by atoms with Crippen molar-refractivity contribution in [1.82, 2.24) is 4.98 Å². The summed E-state index contributed by atoms with van der Waals surface area (Å²) >= 11 is 0. The number of hydrogen-bond acceptors (Lipinski definition) is 4. The predicted octanol–water partition coefficient (Wildman–Crippen LogP) is 3.47. The lowest BCUT2D eigenvalue weighted by atomic mass is 9.93. The average molecular weight is 306 g/mol. The van der Waals surface area contributed by atoms with E-state index in [-0.39, 0.29) is 5.91 Å². The zero-order valence-electron chi connectivity index (χ0n) is 13.8. The Morgan fingerprint density at radius 3 is 2.55 bits per heavy atom. The monoisotopic (exact) mass is 306 g/mol. The molecule has 1 aromatic heterocycles. The van der Waals surface area contributed by atoms with Crippen molar-refractivity contribution in [3.63, 3.8) is 0 Å². The molecule has 0 bridgehead atoms. The van der Waals surface area contributed by atoms with Crippen LogP contribution in [0.25, 0.3) is 0 Å². The molecule has 1 aliphatic carbocycles. The largest absolute Gasteiger partial charge is 0.481 e. The average Bonchev–Trinajstić information content (AvgIpc) is 2.74. The summed E-state index contributed by atoms with van der Waals surface area (Å²) < 4.78 is 11.1. The molecule has 0 unspecified atom stereocenters. The van der Waals surface area contributed by atoms with E-state index in [1.807, 2.05) is 19.9 Å². The fraction of sp³-hybridized carbons (Fsp3) is 0.647. The number of aryl methyl sites for hydroxylation is 1. The van der Waals surface area contributed by atoms with Gasteiger partial charge in [0.2, 0.25) is 5.88 Å². The first-order chi connectivity index (χ1) is 10.6. The molecule has 0 saturated heterocycles. The Morgan fingerprint density at radius 1 is 1.32 bits per heavy atom. The van der Waals surface area contributed by atoms with Gasteiger partial charge in [-0.25, -0.2) is 4.98 Å². The van der Waals surface area contributed by atoms with E-state index in [2.05, 4.69) is 10.3 Å². The highest BCUT2D eigenvalue weighted by atomic mass is 16.5. The second-order valence-corrected chi connectivity index (χ2v) is 5.85. The van der Waals surface area contributed by atoms with Gasteiger partial charge in [0, 0.05) is 12.2 Å². The maximum absolute atomic E-state index is 12.8. The van der Waals surface area contributed by atoms with Crippen molar-refractivity contribution in [2.24, 2.45) is 0 Å². The number of amides is 1. The van der Waals surface area contributed by atoms with Gasteiger partial charge in [-0.2, -0.15) is 0 Å². The van der Waals surface area contributed by atoms with Crippen LogP contribution < -0.4 is 10.1 Å². The molecule has 1 amide bonds. The summed E-state index contributed by atoms with van der Waals surface area (Å²) in [7, 11) is 1.59. The van der Waals surface area contributed by atoms with Gasteiger partial charge in [0.15, 0.2) is 0 Å². The summed E-state index contributed by atoms with van der Waals surface area (Å²) in [5, 5.41) is 2.98. The predicted molar refractivity (Wildman–Crippen MR) is 86.2 cm³/mol. The number of anilines is 1. The second-order valence-electron chi connectivity index (χ2n) is 5.85. The van der Waals surface area contributed by atoms with E-state index in [0.29, 0.717) is 18.2 Å². The van der Waals surface area contributed by atoms with Crippen molar-refractivity contribution < 1.29 is 14.3 Å². The maximum Gasteiger partial charge on any atom is 0.256 e. The molecule has 1 fully saturated rings. The number of carbonyl (C=O) groups is 1. The first-order valence-electron chi connectivity index (χ1n) is 8.07. The van der Waals surface area contributed by atoms with E-state index in [1.54, 1.807) is 13.3 Å². The number of rotatable bonds is 5. The minimum atomic E-state index is -0.695. The molecule has 1 N–H and O–H groups in total. The zero-order chi connectivity index (χ0) is 16.0. The van der Waals surface area contributed by atoms with E-state index in [0.717, 1.165) is 31.2 Å². The summed E-state index contributed by atoms with van der Waals surface area (Å²) in [5.74, 6) is 0.523. The normalized spacial score (nSPS) is 17.6. The summed E-state index contributed by atoms with van der Waals surface area (Å²) in [4.78, 5) is 17.0. The van der Waals surface area contributed by atoms with Gasteiger partial charge in [0.25, 0.3) is 5.91 Å². The summed E-state index contributed by atoms with van der Waals surface area (Å²) in [6.45, 7) is 4.40. The lowest BCUT2D eigenvalue weighted by Crippen LogP contribution is -2.45. The number of methoxy groups -OCH3 is 1. The third-order valence-corrected chi connectivity index (χ3v) is 4.23. The lowest BCUT2D eigenvalue weighted by molar-refractivity contribution is -0.143. The maximum atomic E-state index is 12.8. The molecule has 0 aromatic carbocycles. The van der Waals surface area contributed by atoms with Gasteiger partial charge in [0.1, 0.15) is 5.60 Å². The lowest BCUT2D eigenvalue weighted by Gasteiger charge is -2.31. The molecule has 0 radical (unpaired) electrons. The van der Waals surface area contributed by atoms with Crippen molar-refractivity contribution >= 4 is 11.6 Å². The number of ether oxygens (including phenoxy) is 2. The molecule has 2 rings (SSSR count). The third kappa shape index (κ3) is 3.77. The molecule has 1 heterocycles. The molecular formula is C17H26N2O3. The highest BCUT2D eigenvalue weighted by Crippen LogP contribution is 2.32. The Morgan fingerprint density at radius 2 is 2.00 bits per heavy atom. The minimum absolute atomic E-state index is 0.0531. The standard InChI is InChI=1S/C17H26N2O3/c1-4-22-17(9-7-5-6-8-10-17)16(20)19-14-11-13(2)15(21-3)18-12-14/h11-12H,4-10H2,1-3H3,(H,19,20). The van der Waals surface area contributed by atoms with Crippen LogP contribution in [0.15, 0.2) is 12.3 Å². The smallest absolute Gasteiger partial charge is 0.256 e. The number of nitrogens with zero attached hydrogens (tertiary/aromatic N) is 1. The second kappa shape index (κ2) is 7.58. The fourth-order valence-electron chi connectivity index (χ4n) is 3.10. The highest BCUT2D eigenvalue weighted by Gasteiger charge is 2.39. The molecule has 1 saturated carbocycles. The molecule has 0 atom stereocenters. The number of pyridine rings is 1. The Kier molecular flexibility index (Phi) is 5.77. The number of carbonyl (C=O) groups excluding carboxylic acids is 1. The Hall–Kier alpha value is -1.62. The number of hydrogen-bond donors (Lipinski definition) is 1. The fourth-order valence-corrected chi connectivity index (χ4v) is 3.10. The summed E-state index contributed by atoms with van der Waals surface area (Å²) in [6, 6.07) is 1.88. The first-order valence-corrected chi connectivity index (χ1v) is 8.07. The van der Waals surface area contributed by atoms with E-state index >= 15 is 0 Å². The van der Waals surface area contributed by atoms with Crippen LogP contribution in [-0.4, -0.2) is 30.2 Å². The molecule has 1 aromatic rings. The molecule has 0 aliphatic heterocycles. The van der Waals surface area contributed by atoms with E-state index in [4.69, 9.17) is 9.47 Å². The van der Waals surface area contributed by atoms with E-state index in [9.17, 15) is 4.79 Å². The van der Waals surface area contributed by atoms with Crippen LogP contribution in [0.2, 0.25) is 0 Å². The van der Waals surface area contributed by atoms with Crippen molar-refractivity contribution in [1.29, 1.82) is 0 Å². The molecule has 1 aliphatic rings. The topological polar surface area (TPSA) is 60.5 Å². The van der Waals surface area contributed by atoms with Crippen molar-refractivity contribution in [3.05, 3.63) is 17.8 Å². The van der Waals surface area contributed by atoms with Crippen molar-refractivity contribution in [2.45, 2.75) is 58.0 Å². The Bertz CT molecular complexity index is 509. The Labute approximate surface area is 132 Å². The SMILES string of the molecule is CCOC1(C(=O)Nc2cnc(OC)c(C)c2)CCCCCC1. The number of aromatic nitrogens is 1. The van der Waals surface area contributed by atoms with Crippen LogP contribution in [0.3, 0.4) is 0 Å². The zero-order valence-corrected chi connectivity index (χ0v) is 13.8. The van der Waals surface area contributed by atoms with Crippen LogP contribution in [0.4, 0.5) is 5.69 Å². The van der Waals surface area contributed by atoms with Gasteiger partial charge in [-0.05, 0) is 32.8 Å². The van der Waals surface area contributed by atoms with Gasteiger partial charge in [-0.3, -0.25) is 4.79 Å². The van der Waals surface area contributed by atoms with E-state index in [1.165, 1.54) is 12.8 Å². The highest BCUT2D eigenvalue weighted by molar-refractivity contribution is 5.97. The summed E-state index contributed by atoms with van der Waals surface area (Å²) in [5.41, 5.74) is 0.886. The molecule has 5 nitrogen and oxygen atoms in total.